The maximum Gasteiger partial charge on any atom is 0.236 e. The van der Waals surface area contributed by atoms with E-state index in [-0.39, 0.29) is 5.91 Å². The van der Waals surface area contributed by atoms with Crippen LogP contribution in [0, 0.1) is 0 Å². The van der Waals surface area contributed by atoms with Gasteiger partial charge in [-0.25, -0.2) is 0 Å². The molecule has 2 rings (SSSR count). The number of ether oxygens (including phenoxy) is 1. The summed E-state index contributed by atoms with van der Waals surface area (Å²) in [5.41, 5.74) is 1.04. The van der Waals surface area contributed by atoms with Crippen LogP contribution >= 0.6 is 15.9 Å². The van der Waals surface area contributed by atoms with Crippen molar-refractivity contribution in [3.63, 3.8) is 0 Å². The number of nitrogens with zero attached hydrogens (tertiary/aromatic N) is 1. The molecule has 0 fully saturated rings. The van der Waals surface area contributed by atoms with Crippen molar-refractivity contribution in [3.8, 4) is 5.75 Å². The van der Waals surface area contributed by atoms with Crippen molar-refractivity contribution in [2.24, 2.45) is 0 Å². The molecule has 0 saturated carbocycles. The molecule has 0 aliphatic carbocycles. The minimum absolute atomic E-state index is 0.101. The fraction of sp³-hybridized carbons (Fsp3) is 0.417. The average Bonchev–Trinajstić information content (AvgIpc) is 2.50. The van der Waals surface area contributed by atoms with Crippen LogP contribution < -0.4 is 10.1 Å². The van der Waals surface area contributed by atoms with Crippen LogP contribution in [0.3, 0.4) is 0 Å². The summed E-state index contributed by atoms with van der Waals surface area (Å²) in [6.45, 7) is 2.15. The molecule has 1 amide bonds. The summed E-state index contributed by atoms with van der Waals surface area (Å²) in [6.07, 6.45) is 0. The monoisotopic (exact) mass is 298 g/mol. The van der Waals surface area contributed by atoms with Crippen LogP contribution in [0.15, 0.2) is 22.7 Å². The molecule has 5 heteroatoms. The van der Waals surface area contributed by atoms with E-state index in [1.54, 1.807) is 7.05 Å². The first kappa shape index (κ1) is 12.4. The standard InChI is InChI=1S/C12H15BrN2O2/c1-14-7-12(16)15-4-5-17-11-3-2-10(13)6-9(11)8-15/h2-3,6,14H,4-5,7-8H2,1H3. The molecule has 1 aromatic rings. The number of carbonyl (C=O) groups excluding carboxylic acids is 1. The highest BCUT2D eigenvalue weighted by atomic mass is 79.9. The number of carbonyl (C=O) groups is 1. The molecule has 1 N–H and O–H groups in total. The number of rotatable bonds is 2. The van der Waals surface area contributed by atoms with Crippen molar-refractivity contribution < 1.29 is 9.53 Å². The van der Waals surface area contributed by atoms with Gasteiger partial charge in [0.05, 0.1) is 13.1 Å². The molecule has 1 aliphatic rings. The summed E-state index contributed by atoms with van der Waals surface area (Å²) in [7, 11) is 1.77. The zero-order valence-corrected chi connectivity index (χ0v) is 11.3. The molecule has 0 aromatic heterocycles. The van der Waals surface area contributed by atoms with Gasteiger partial charge in [0.1, 0.15) is 12.4 Å². The van der Waals surface area contributed by atoms with E-state index in [2.05, 4.69) is 21.2 Å². The first-order valence-corrected chi connectivity index (χ1v) is 6.33. The maximum atomic E-state index is 11.8. The Morgan fingerprint density at radius 2 is 2.41 bits per heavy atom. The van der Waals surface area contributed by atoms with Crippen LogP contribution in [0.25, 0.3) is 0 Å². The van der Waals surface area contributed by atoms with Crippen LogP contribution in [0.5, 0.6) is 5.75 Å². The second kappa shape index (κ2) is 5.51. The SMILES string of the molecule is CNCC(=O)N1CCOc2ccc(Br)cc2C1. The largest absolute Gasteiger partial charge is 0.491 e. The van der Waals surface area contributed by atoms with Crippen molar-refractivity contribution in [2.45, 2.75) is 6.54 Å². The van der Waals surface area contributed by atoms with E-state index in [1.165, 1.54) is 0 Å². The molecule has 0 spiro atoms. The smallest absolute Gasteiger partial charge is 0.236 e. The van der Waals surface area contributed by atoms with Gasteiger partial charge < -0.3 is 15.0 Å². The Balaban J connectivity index is 2.18. The number of nitrogens with one attached hydrogen (secondary N) is 1. The summed E-state index contributed by atoms with van der Waals surface area (Å²) in [6, 6.07) is 5.88. The lowest BCUT2D eigenvalue weighted by atomic mass is 10.2. The summed E-state index contributed by atoms with van der Waals surface area (Å²) >= 11 is 3.43. The third-order valence-electron chi connectivity index (χ3n) is 2.68. The normalized spacial score (nSPS) is 14.8. The quantitative estimate of drug-likeness (QED) is 0.897. The first-order valence-electron chi connectivity index (χ1n) is 5.54. The van der Waals surface area contributed by atoms with Gasteiger partial charge in [0, 0.05) is 16.6 Å². The van der Waals surface area contributed by atoms with E-state index in [1.807, 2.05) is 23.1 Å². The van der Waals surface area contributed by atoms with Gasteiger partial charge in [0.2, 0.25) is 5.91 Å². The maximum absolute atomic E-state index is 11.8. The van der Waals surface area contributed by atoms with Gasteiger partial charge in [-0.15, -0.1) is 0 Å². The second-order valence-electron chi connectivity index (χ2n) is 3.95. The molecular weight excluding hydrogens is 284 g/mol. The van der Waals surface area contributed by atoms with Crippen molar-refractivity contribution in [1.82, 2.24) is 10.2 Å². The zero-order chi connectivity index (χ0) is 12.3. The Hall–Kier alpha value is -1.07. The number of hydrogen-bond donors (Lipinski definition) is 1. The Bertz CT molecular complexity index is 423. The Kier molecular flexibility index (Phi) is 4.02. The molecule has 92 valence electrons. The second-order valence-corrected chi connectivity index (χ2v) is 4.86. The average molecular weight is 299 g/mol. The van der Waals surface area contributed by atoms with Gasteiger partial charge in [0.15, 0.2) is 0 Å². The van der Waals surface area contributed by atoms with Gasteiger partial charge in [-0.05, 0) is 25.2 Å². The molecule has 4 nitrogen and oxygen atoms in total. The molecule has 1 aromatic carbocycles. The summed E-state index contributed by atoms with van der Waals surface area (Å²) < 4.78 is 6.63. The molecule has 0 atom stereocenters. The fourth-order valence-electron chi connectivity index (χ4n) is 1.84. The third-order valence-corrected chi connectivity index (χ3v) is 3.18. The minimum atomic E-state index is 0.101. The van der Waals surface area contributed by atoms with Crippen LogP contribution in [-0.4, -0.2) is 37.6 Å². The first-order chi connectivity index (χ1) is 8.20. The lowest BCUT2D eigenvalue weighted by molar-refractivity contribution is -0.130. The number of likely N-dealkylation sites (N-methyl/N-ethyl adjacent to an activating group) is 1. The Morgan fingerprint density at radius 1 is 1.59 bits per heavy atom. The van der Waals surface area contributed by atoms with E-state index in [4.69, 9.17) is 4.74 Å². The molecule has 1 heterocycles. The molecule has 0 radical (unpaired) electrons. The zero-order valence-electron chi connectivity index (χ0n) is 9.70. The highest BCUT2D eigenvalue weighted by Gasteiger charge is 2.19. The number of hydrogen-bond acceptors (Lipinski definition) is 3. The molecular formula is C12H15BrN2O2. The van der Waals surface area contributed by atoms with Gasteiger partial charge >= 0.3 is 0 Å². The van der Waals surface area contributed by atoms with Crippen molar-refractivity contribution in [2.75, 3.05) is 26.7 Å². The lowest BCUT2D eigenvalue weighted by Crippen LogP contribution is -2.37. The van der Waals surface area contributed by atoms with E-state index < -0.39 is 0 Å². The third kappa shape index (κ3) is 2.98. The highest BCUT2D eigenvalue weighted by Crippen LogP contribution is 2.26. The molecule has 0 bridgehead atoms. The lowest BCUT2D eigenvalue weighted by Gasteiger charge is -2.19. The Labute approximate surface area is 109 Å². The van der Waals surface area contributed by atoms with Crippen LogP contribution in [0.2, 0.25) is 0 Å². The molecule has 1 aliphatic heterocycles. The Morgan fingerprint density at radius 3 is 3.18 bits per heavy atom. The van der Waals surface area contributed by atoms with Gasteiger partial charge in [0.25, 0.3) is 0 Å². The fourth-order valence-corrected chi connectivity index (χ4v) is 2.25. The molecule has 0 saturated heterocycles. The van der Waals surface area contributed by atoms with Crippen LogP contribution in [0.1, 0.15) is 5.56 Å². The number of fused-ring (bicyclic) bond motifs is 1. The van der Waals surface area contributed by atoms with Gasteiger partial charge in [-0.3, -0.25) is 4.79 Å². The van der Waals surface area contributed by atoms with Gasteiger partial charge in [-0.2, -0.15) is 0 Å². The number of benzene rings is 1. The number of amides is 1. The van der Waals surface area contributed by atoms with Gasteiger partial charge in [-0.1, -0.05) is 15.9 Å². The van der Waals surface area contributed by atoms with Crippen LogP contribution in [0.4, 0.5) is 0 Å². The predicted molar refractivity (Wildman–Crippen MR) is 69.0 cm³/mol. The molecule has 0 unspecified atom stereocenters. The van der Waals surface area contributed by atoms with Crippen molar-refractivity contribution >= 4 is 21.8 Å². The van der Waals surface area contributed by atoms with E-state index in [0.717, 1.165) is 15.8 Å². The van der Waals surface area contributed by atoms with E-state index in [0.29, 0.717) is 26.2 Å². The highest BCUT2D eigenvalue weighted by molar-refractivity contribution is 9.10. The van der Waals surface area contributed by atoms with E-state index in [9.17, 15) is 4.79 Å². The van der Waals surface area contributed by atoms with Crippen molar-refractivity contribution in [1.29, 1.82) is 0 Å². The predicted octanol–water partition coefficient (Wildman–Crippen LogP) is 1.39. The summed E-state index contributed by atoms with van der Waals surface area (Å²) in [4.78, 5) is 13.7. The van der Waals surface area contributed by atoms with Crippen LogP contribution in [-0.2, 0) is 11.3 Å². The van der Waals surface area contributed by atoms with Crippen molar-refractivity contribution in [3.05, 3.63) is 28.2 Å². The summed E-state index contributed by atoms with van der Waals surface area (Å²) in [5, 5.41) is 2.88. The summed E-state index contributed by atoms with van der Waals surface area (Å²) in [5.74, 6) is 0.969. The topological polar surface area (TPSA) is 41.6 Å². The molecule has 17 heavy (non-hydrogen) atoms. The minimum Gasteiger partial charge on any atom is -0.491 e. The van der Waals surface area contributed by atoms with E-state index >= 15 is 0 Å². The number of halogens is 1.